The number of rotatable bonds is 3. The molecule has 5 heteroatoms. The van der Waals surface area contributed by atoms with E-state index in [1.807, 2.05) is 0 Å². The van der Waals surface area contributed by atoms with Crippen molar-refractivity contribution in [3.05, 3.63) is 34.9 Å². The molecule has 0 aliphatic rings. The van der Waals surface area contributed by atoms with Crippen molar-refractivity contribution in [1.29, 1.82) is 0 Å². The molecule has 1 aromatic carbocycles. The summed E-state index contributed by atoms with van der Waals surface area (Å²) in [6.45, 7) is 0. The third-order valence-corrected chi connectivity index (χ3v) is 2.55. The zero-order valence-electron chi connectivity index (χ0n) is 7.97. The Morgan fingerprint density at radius 2 is 2.20 bits per heavy atom. The quantitative estimate of drug-likeness (QED) is 0.626. The Morgan fingerprint density at radius 3 is 2.67 bits per heavy atom. The highest BCUT2D eigenvalue weighted by Gasteiger charge is 2.15. The minimum atomic E-state index is -2.60. The number of carbonyl (C=O) groups excluding carboxylic acids is 1. The van der Waals surface area contributed by atoms with Crippen LogP contribution in [0.25, 0.3) is 0 Å². The van der Waals surface area contributed by atoms with Crippen LogP contribution in [-0.4, -0.2) is 13.1 Å². The van der Waals surface area contributed by atoms with Gasteiger partial charge in [0.05, 0.1) is 12.7 Å². The lowest BCUT2D eigenvalue weighted by atomic mass is 10.1. The highest BCUT2D eigenvalue weighted by molar-refractivity contribution is 9.08. The monoisotopic (exact) mass is 278 g/mol. The Hall–Kier alpha value is -0.970. The van der Waals surface area contributed by atoms with E-state index in [0.29, 0.717) is 10.9 Å². The largest absolute Gasteiger partial charge is 0.465 e. The van der Waals surface area contributed by atoms with Crippen LogP contribution < -0.4 is 0 Å². The average Bonchev–Trinajstić information content (AvgIpc) is 2.27. The fourth-order valence-electron chi connectivity index (χ4n) is 1.16. The van der Waals surface area contributed by atoms with Crippen molar-refractivity contribution in [3.63, 3.8) is 0 Å². The number of esters is 1. The Balaban J connectivity index is 3.16. The van der Waals surface area contributed by atoms with Gasteiger partial charge in [-0.05, 0) is 17.7 Å². The molecule has 0 N–H and O–H groups in total. The topological polar surface area (TPSA) is 26.3 Å². The van der Waals surface area contributed by atoms with Gasteiger partial charge in [-0.2, -0.15) is 0 Å². The highest BCUT2D eigenvalue weighted by Crippen LogP contribution is 2.26. The second-order valence-corrected chi connectivity index (χ2v) is 3.40. The molecule has 0 aliphatic heterocycles. The van der Waals surface area contributed by atoms with Gasteiger partial charge in [-0.1, -0.05) is 22.0 Å². The molecule has 0 heterocycles. The number of ether oxygens (including phenoxy) is 1. The van der Waals surface area contributed by atoms with Gasteiger partial charge in [0.2, 0.25) is 0 Å². The van der Waals surface area contributed by atoms with Crippen LogP contribution in [-0.2, 0) is 10.1 Å². The summed E-state index contributed by atoms with van der Waals surface area (Å²) in [6.07, 6.45) is -2.60. The fourth-order valence-corrected chi connectivity index (χ4v) is 1.68. The minimum Gasteiger partial charge on any atom is -0.465 e. The molecule has 0 unspecified atom stereocenters. The first-order valence-electron chi connectivity index (χ1n) is 4.15. The van der Waals surface area contributed by atoms with Crippen molar-refractivity contribution in [1.82, 2.24) is 0 Å². The molecule has 2 nitrogen and oxygen atoms in total. The van der Waals surface area contributed by atoms with E-state index in [4.69, 9.17) is 0 Å². The predicted octanol–water partition coefficient (Wildman–Crippen LogP) is 3.31. The molecule has 15 heavy (non-hydrogen) atoms. The second kappa shape index (κ2) is 5.21. The third-order valence-electron chi connectivity index (χ3n) is 1.95. The number of hydrogen-bond acceptors (Lipinski definition) is 2. The molecule has 0 bridgehead atoms. The number of methoxy groups -OCH3 is 1. The molecule has 0 fully saturated rings. The van der Waals surface area contributed by atoms with Gasteiger partial charge in [0, 0.05) is 10.9 Å². The van der Waals surface area contributed by atoms with Crippen molar-refractivity contribution in [2.75, 3.05) is 7.11 Å². The normalized spacial score (nSPS) is 10.5. The van der Waals surface area contributed by atoms with Gasteiger partial charge in [-0.25, -0.2) is 13.6 Å². The van der Waals surface area contributed by atoms with Gasteiger partial charge in [0.1, 0.15) is 0 Å². The second-order valence-electron chi connectivity index (χ2n) is 2.84. The summed E-state index contributed by atoms with van der Waals surface area (Å²) < 4.78 is 29.6. The fraction of sp³-hybridized carbons (Fsp3) is 0.300. The average molecular weight is 279 g/mol. The molecular formula is C10H9BrF2O2. The summed E-state index contributed by atoms with van der Waals surface area (Å²) in [5.74, 6) is -0.613. The van der Waals surface area contributed by atoms with Crippen LogP contribution in [0.2, 0.25) is 0 Å². The molecule has 1 rings (SSSR count). The Bertz CT molecular complexity index is 366. The molecule has 0 aromatic heterocycles. The zero-order chi connectivity index (χ0) is 11.4. The first-order valence-corrected chi connectivity index (χ1v) is 5.27. The molecule has 0 radical (unpaired) electrons. The standard InChI is InChI=1S/C10H9BrF2O2/c1-15-10(14)6-2-3-7(5-11)8(4-6)9(12)13/h2-4,9H,5H2,1H3. The van der Waals surface area contributed by atoms with Gasteiger partial charge in [-0.3, -0.25) is 0 Å². The summed E-state index contributed by atoms with van der Waals surface area (Å²) in [5.41, 5.74) is 0.463. The van der Waals surface area contributed by atoms with Crippen LogP contribution in [0, 0.1) is 0 Å². The lowest BCUT2D eigenvalue weighted by Gasteiger charge is -2.08. The van der Waals surface area contributed by atoms with Crippen LogP contribution >= 0.6 is 15.9 Å². The summed E-state index contributed by atoms with van der Waals surface area (Å²) in [6, 6.07) is 4.11. The first-order chi connectivity index (χ1) is 7.10. The van der Waals surface area contributed by atoms with E-state index in [2.05, 4.69) is 20.7 Å². The molecule has 0 amide bonds. The maximum absolute atomic E-state index is 12.6. The van der Waals surface area contributed by atoms with E-state index in [1.54, 1.807) is 0 Å². The summed E-state index contributed by atoms with van der Waals surface area (Å²) in [5, 5.41) is 0.328. The number of alkyl halides is 3. The number of halogens is 3. The Kier molecular flexibility index (Phi) is 4.20. The molecule has 82 valence electrons. The van der Waals surface area contributed by atoms with E-state index < -0.39 is 12.4 Å². The highest BCUT2D eigenvalue weighted by atomic mass is 79.9. The van der Waals surface area contributed by atoms with Gasteiger partial charge in [0.25, 0.3) is 6.43 Å². The number of carbonyl (C=O) groups is 1. The SMILES string of the molecule is COC(=O)c1ccc(CBr)c(C(F)F)c1. The Labute approximate surface area is 94.4 Å². The summed E-state index contributed by atoms with van der Waals surface area (Å²) in [7, 11) is 1.21. The molecular weight excluding hydrogens is 270 g/mol. The first kappa shape index (κ1) is 12.1. The zero-order valence-corrected chi connectivity index (χ0v) is 9.55. The smallest absolute Gasteiger partial charge is 0.337 e. The molecule has 0 atom stereocenters. The van der Waals surface area contributed by atoms with Crippen LogP contribution in [0.5, 0.6) is 0 Å². The van der Waals surface area contributed by atoms with Gasteiger partial charge >= 0.3 is 5.97 Å². The van der Waals surface area contributed by atoms with E-state index >= 15 is 0 Å². The van der Waals surface area contributed by atoms with E-state index in [1.165, 1.54) is 19.2 Å². The minimum absolute atomic E-state index is 0.137. The van der Waals surface area contributed by atoms with Crippen LogP contribution in [0.3, 0.4) is 0 Å². The van der Waals surface area contributed by atoms with Crippen molar-refractivity contribution >= 4 is 21.9 Å². The number of hydrogen-bond donors (Lipinski definition) is 0. The summed E-state index contributed by atoms with van der Waals surface area (Å²) >= 11 is 3.11. The summed E-state index contributed by atoms with van der Waals surface area (Å²) in [4.78, 5) is 11.1. The molecule has 1 aromatic rings. The molecule has 0 aliphatic carbocycles. The van der Waals surface area contributed by atoms with Crippen molar-refractivity contribution in [3.8, 4) is 0 Å². The molecule has 0 saturated heterocycles. The maximum Gasteiger partial charge on any atom is 0.337 e. The Morgan fingerprint density at radius 1 is 1.53 bits per heavy atom. The van der Waals surface area contributed by atoms with Crippen LogP contribution in [0.15, 0.2) is 18.2 Å². The third kappa shape index (κ3) is 2.75. The predicted molar refractivity (Wildman–Crippen MR) is 55.4 cm³/mol. The van der Waals surface area contributed by atoms with Crippen LogP contribution in [0.1, 0.15) is 27.9 Å². The molecule has 0 saturated carbocycles. The van der Waals surface area contributed by atoms with Crippen LogP contribution in [0.4, 0.5) is 8.78 Å². The maximum atomic E-state index is 12.6. The lowest BCUT2D eigenvalue weighted by Crippen LogP contribution is -2.03. The van der Waals surface area contributed by atoms with E-state index in [9.17, 15) is 13.6 Å². The van der Waals surface area contributed by atoms with Gasteiger partial charge in [-0.15, -0.1) is 0 Å². The van der Waals surface area contributed by atoms with Gasteiger partial charge < -0.3 is 4.74 Å². The molecule has 0 spiro atoms. The van der Waals surface area contributed by atoms with Gasteiger partial charge in [0.15, 0.2) is 0 Å². The van der Waals surface area contributed by atoms with Crippen molar-refractivity contribution in [2.45, 2.75) is 11.8 Å². The van der Waals surface area contributed by atoms with Crippen molar-refractivity contribution in [2.24, 2.45) is 0 Å². The van der Waals surface area contributed by atoms with Crippen molar-refractivity contribution < 1.29 is 18.3 Å². The number of benzene rings is 1. The lowest BCUT2D eigenvalue weighted by molar-refractivity contribution is 0.0600. The van der Waals surface area contributed by atoms with E-state index in [-0.39, 0.29) is 11.1 Å². The van der Waals surface area contributed by atoms with E-state index in [0.717, 1.165) is 6.07 Å².